The number of thiazole rings is 1. The van der Waals surface area contributed by atoms with Gasteiger partial charge in [-0.1, -0.05) is 6.92 Å². The van der Waals surface area contributed by atoms with E-state index >= 15 is 0 Å². The number of nitrogens with zero attached hydrogens (tertiary/aromatic N) is 2. The van der Waals surface area contributed by atoms with E-state index in [1.54, 1.807) is 11.3 Å². The van der Waals surface area contributed by atoms with Crippen LogP contribution in [0, 0.1) is 19.3 Å². The molecule has 4 nitrogen and oxygen atoms in total. The second kappa shape index (κ2) is 5.47. The van der Waals surface area contributed by atoms with Crippen LogP contribution in [0.25, 0.3) is 4.96 Å². The molecule has 0 spiro atoms. The van der Waals surface area contributed by atoms with Gasteiger partial charge < -0.3 is 10.1 Å². The summed E-state index contributed by atoms with van der Waals surface area (Å²) >= 11 is 1.76. The van der Waals surface area contributed by atoms with E-state index in [9.17, 15) is 0 Å². The molecule has 0 unspecified atom stereocenters. The Labute approximate surface area is 124 Å². The predicted octanol–water partition coefficient (Wildman–Crippen LogP) is 2.92. The summed E-state index contributed by atoms with van der Waals surface area (Å²) in [7, 11) is 0. The molecular weight excluding hydrogens is 270 g/mol. The van der Waals surface area contributed by atoms with Crippen molar-refractivity contribution >= 4 is 16.3 Å². The zero-order chi connectivity index (χ0) is 14.2. The predicted molar refractivity (Wildman–Crippen MR) is 82.4 cm³/mol. The van der Waals surface area contributed by atoms with Gasteiger partial charge in [-0.05, 0) is 32.1 Å². The Hall–Kier alpha value is -0.910. The highest BCUT2D eigenvalue weighted by molar-refractivity contribution is 7.17. The van der Waals surface area contributed by atoms with Crippen LogP contribution < -0.4 is 5.32 Å². The van der Waals surface area contributed by atoms with E-state index in [1.807, 2.05) is 0 Å². The van der Waals surface area contributed by atoms with E-state index in [2.05, 4.69) is 41.7 Å². The molecule has 0 amide bonds. The van der Waals surface area contributed by atoms with Crippen LogP contribution in [0.4, 0.5) is 0 Å². The minimum Gasteiger partial charge on any atom is -0.381 e. The van der Waals surface area contributed by atoms with Gasteiger partial charge in [0.05, 0.1) is 11.4 Å². The Bertz CT molecular complexity index is 596. The Morgan fingerprint density at radius 3 is 2.90 bits per heavy atom. The molecule has 1 saturated heterocycles. The number of aromatic nitrogens is 2. The molecule has 3 heterocycles. The van der Waals surface area contributed by atoms with Crippen molar-refractivity contribution in [1.82, 2.24) is 14.7 Å². The Morgan fingerprint density at radius 1 is 1.40 bits per heavy atom. The first-order chi connectivity index (χ1) is 9.57. The number of nitrogens with one attached hydrogen (secondary N) is 1. The summed E-state index contributed by atoms with van der Waals surface area (Å²) in [5.41, 5.74) is 2.81. The maximum absolute atomic E-state index is 5.46. The van der Waals surface area contributed by atoms with Crippen LogP contribution >= 0.6 is 11.3 Å². The average molecular weight is 293 g/mol. The molecule has 0 saturated carbocycles. The minimum absolute atomic E-state index is 0.376. The van der Waals surface area contributed by atoms with Gasteiger partial charge >= 0.3 is 0 Å². The lowest BCUT2D eigenvalue weighted by molar-refractivity contribution is 0.0239. The van der Waals surface area contributed by atoms with Gasteiger partial charge in [-0.2, -0.15) is 0 Å². The summed E-state index contributed by atoms with van der Waals surface area (Å²) in [6.07, 6.45) is 4.49. The molecule has 2 aromatic heterocycles. The van der Waals surface area contributed by atoms with Crippen LogP contribution in [-0.4, -0.2) is 29.1 Å². The normalized spacial score (nSPS) is 18.8. The molecule has 3 rings (SSSR count). The highest BCUT2D eigenvalue weighted by Gasteiger charge is 2.26. The molecule has 110 valence electrons. The standard InChI is InChI=1S/C15H23N3OS/c1-11-9-18-13(12(2)17-14(18)20-11)8-16-10-15(3)4-6-19-7-5-15/h9,16H,4-8,10H2,1-3H3. The number of fused-ring (bicyclic) bond motifs is 1. The molecule has 2 aromatic rings. The van der Waals surface area contributed by atoms with E-state index in [1.165, 1.54) is 10.6 Å². The largest absolute Gasteiger partial charge is 0.381 e. The Kier molecular flexibility index (Phi) is 3.84. The molecule has 1 aliphatic rings. The smallest absolute Gasteiger partial charge is 0.194 e. The zero-order valence-electron chi connectivity index (χ0n) is 12.5. The lowest BCUT2D eigenvalue weighted by Gasteiger charge is -2.33. The van der Waals surface area contributed by atoms with Crippen molar-refractivity contribution in [3.8, 4) is 0 Å². The van der Waals surface area contributed by atoms with Crippen molar-refractivity contribution in [2.45, 2.75) is 40.2 Å². The van der Waals surface area contributed by atoms with Crippen LogP contribution in [0.15, 0.2) is 6.20 Å². The number of ether oxygens (including phenoxy) is 1. The van der Waals surface area contributed by atoms with Crippen LogP contribution in [0.2, 0.25) is 0 Å². The van der Waals surface area contributed by atoms with Gasteiger partial charge in [0, 0.05) is 37.4 Å². The van der Waals surface area contributed by atoms with Crippen molar-refractivity contribution in [1.29, 1.82) is 0 Å². The SMILES string of the molecule is Cc1cn2c(CNCC3(C)CCOCC3)c(C)nc2s1. The molecule has 0 bridgehead atoms. The molecule has 5 heteroatoms. The third kappa shape index (κ3) is 2.75. The van der Waals surface area contributed by atoms with Gasteiger partial charge in [-0.15, -0.1) is 11.3 Å². The number of rotatable bonds is 4. The van der Waals surface area contributed by atoms with Crippen molar-refractivity contribution in [2.24, 2.45) is 5.41 Å². The lowest BCUT2D eigenvalue weighted by Crippen LogP contribution is -2.36. The van der Waals surface area contributed by atoms with Gasteiger partial charge in [0.1, 0.15) is 0 Å². The highest BCUT2D eigenvalue weighted by atomic mass is 32.1. The monoisotopic (exact) mass is 293 g/mol. The lowest BCUT2D eigenvalue weighted by atomic mass is 9.82. The maximum atomic E-state index is 5.46. The van der Waals surface area contributed by atoms with Gasteiger partial charge in [-0.25, -0.2) is 4.98 Å². The first kappa shape index (κ1) is 14.0. The number of hydrogen-bond donors (Lipinski definition) is 1. The second-order valence-electron chi connectivity index (χ2n) is 6.16. The third-order valence-corrected chi connectivity index (χ3v) is 5.18. The first-order valence-electron chi connectivity index (χ1n) is 7.30. The summed E-state index contributed by atoms with van der Waals surface area (Å²) in [5, 5.41) is 3.63. The number of hydrogen-bond acceptors (Lipinski definition) is 4. The zero-order valence-corrected chi connectivity index (χ0v) is 13.3. The van der Waals surface area contributed by atoms with Crippen molar-refractivity contribution < 1.29 is 4.74 Å². The van der Waals surface area contributed by atoms with E-state index in [0.717, 1.165) is 49.8 Å². The summed E-state index contributed by atoms with van der Waals surface area (Å²) in [4.78, 5) is 7.05. The highest BCUT2D eigenvalue weighted by Crippen LogP contribution is 2.29. The van der Waals surface area contributed by atoms with E-state index in [4.69, 9.17) is 4.74 Å². The van der Waals surface area contributed by atoms with Crippen LogP contribution in [0.3, 0.4) is 0 Å². The molecule has 1 fully saturated rings. The molecular formula is C15H23N3OS. The average Bonchev–Trinajstić information content (AvgIpc) is 2.87. The Morgan fingerprint density at radius 2 is 2.15 bits per heavy atom. The summed E-state index contributed by atoms with van der Waals surface area (Å²) < 4.78 is 7.69. The van der Waals surface area contributed by atoms with Crippen LogP contribution in [-0.2, 0) is 11.3 Å². The van der Waals surface area contributed by atoms with Crippen molar-refractivity contribution in [2.75, 3.05) is 19.8 Å². The molecule has 0 radical (unpaired) electrons. The fraction of sp³-hybridized carbons (Fsp3) is 0.667. The topological polar surface area (TPSA) is 38.6 Å². The van der Waals surface area contributed by atoms with Gasteiger partial charge in [0.2, 0.25) is 0 Å². The van der Waals surface area contributed by atoms with E-state index in [-0.39, 0.29) is 0 Å². The second-order valence-corrected chi connectivity index (χ2v) is 7.38. The van der Waals surface area contributed by atoms with Gasteiger partial charge in [0.25, 0.3) is 0 Å². The molecule has 0 atom stereocenters. The van der Waals surface area contributed by atoms with Crippen LogP contribution in [0.1, 0.15) is 36.0 Å². The molecule has 20 heavy (non-hydrogen) atoms. The van der Waals surface area contributed by atoms with Crippen LogP contribution in [0.5, 0.6) is 0 Å². The molecule has 1 aliphatic heterocycles. The fourth-order valence-corrected chi connectivity index (χ4v) is 3.74. The van der Waals surface area contributed by atoms with Gasteiger partial charge in [0.15, 0.2) is 4.96 Å². The van der Waals surface area contributed by atoms with Gasteiger partial charge in [-0.3, -0.25) is 4.40 Å². The fourth-order valence-electron chi connectivity index (χ4n) is 2.85. The van der Waals surface area contributed by atoms with E-state index < -0.39 is 0 Å². The quantitative estimate of drug-likeness (QED) is 0.942. The Balaban J connectivity index is 1.66. The molecule has 0 aliphatic carbocycles. The maximum Gasteiger partial charge on any atom is 0.194 e. The molecule has 0 aromatic carbocycles. The molecule has 1 N–H and O–H groups in total. The summed E-state index contributed by atoms with van der Waals surface area (Å²) in [5.74, 6) is 0. The first-order valence-corrected chi connectivity index (χ1v) is 8.11. The third-order valence-electron chi connectivity index (χ3n) is 4.29. The van der Waals surface area contributed by atoms with Crippen molar-refractivity contribution in [3.05, 3.63) is 22.5 Å². The summed E-state index contributed by atoms with van der Waals surface area (Å²) in [6, 6.07) is 0. The number of aryl methyl sites for hydroxylation is 2. The number of imidazole rings is 1. The van der Waals surface area contributed by atoms with Crippen molar-refractivity contribution in [3.63, 3.8) is 0 Å². The van der Waals surface area contributed by atoms with E-state index in [0.29, 0.717) is 5.41 Å². The summed E-state index contributed by atoms with van der Waals surface area (Å²) in [6.45, 7) is 10.3. The minimum atomic E-state index is 0.376.